The third kappa shape index (κ3) is 4.50. The van der Waals surface area contributed by atoms with Crippen molar-refractivity contribution >= 4 is 34.1 Å². The number of anilines is 2. The summed E-state index contributed by atoms with van der Waals surface area (Å²) in [5.74, 6) is 0.936. The Kier molecular flexibility index (Phi) is 5.84. The van der Waals surface area contributed by atoms with E-state index in [4.69, 9.17) is 0 Å². The van der Waals surface area contributed by atoms with Gasteiger partial charge in [-0.25, -0.2) is 4.79 Å². The first-order chi connectivity index (χ1) is 14.9. The molecule has 1 aliphatic heterocycles. The topological polar surface area (TPSA) is 84.3 Å². The first-order valence-electron chi connectivity index (χ1n) is 10.6. The van der Waals surface area contributed by atoms with Gasteiger partial charge in [-0.2, -0.15) is 4.98 Å². The van der Waals surface area contributed by atoms with E-state index in [0.29, 0.717) is 28.5 Å². The first-order valence-corrected chi connectivity index (χ1v) is 10.6. The fourth-order valence-corrected chi connectivity index (χ4v) is 3.99. The third-order valence-corrected chi connectivity index (χ3v) is 5.81. The minimum Gasteiger partial charge on any atom is -0.356 e. The zero-order valence-corrected chi connectivity index (χ0v) is 17.8. The summed E-state index contributed by atoms with van der Waals surface area (Å²) in [5, 5.41) is 3.64. The number of rotatable bonds is 5. The monoisotopic (exact) mass is 418 g/mol. The molecule has 4 rings (SSSR count). The second-order valence-corrected chi connectivity index (χ2v) is 8.18. The molecule has 160 valence electrons. The molecule has 1 N–H and O–H groups in total. The van der Waals surface area contributed by atoms with Crippen LogP contribution in [0.25, 0.3) is 10.9 Å². The Balaban J connectivity index is 1.62. The van der Waals surface area contributed by atoms with Gasteiger partial charge in [-0.15, -0.1) is 0 Å². The fourth-order valence-electron chi connectivity index (χ4n) is 3.99. The van der Waals surface area contributed by atoms with E-state index in [-0.39, 0.29) is 18.2 Å². The van der Waals surface area contributed by atoms with Crippen LogP contribution in [0.15, 0.2) is 53.3 Å². The van der Waals surface area contributed by atoms with Crippen molar-refractivity contribution in [3.8, 4) is 0 Å². The molecular weight excluding hydrogens is 392 g/mol. The number of carbonyl (C=O) groups is 2. The van der Waals surface area contributed by atoms with E-state index >= 15 is 0 Å². The van der Waals surface area contributed by atoms with Crippen molar-refractivity contribution in [1.82, 2.24) is 9.55 Å². The quantitative estimate of drug-likeness (QED) is 0.642. The minimum atomic E-state index is -0.444. The van der Waals surface area contributed by atoms with Gasteiger partial charge >= 0.3 is 5.69 Å². The maximum atomic E-state index is 12.9. The molecule has 1 fully saturated rings. The number of amides is 1. The molecule has 2 aromatic carbocycles. The molecule has 7 heteroatoms. The Morgan fingerprint density at radius 1 is 1.10 bits per heavy atom. The van der Waals surface area contributed by atoms with Gasteiger partial charge < -0.3 is 10.2 Å². The highest BCUT2D eigenvalue weighted by Gasteiger charge is 2.21. The van der Waals surface area contributed by atoms with Gasteiger partial charge in [0.1, 0.15) is 12.4 Å². The maximum Gasteiger partial charge on any atom is 0.350 e. The number of Topliss-reactive ketones (excluding diaryl/α,β-unsaturated/α-hetero) is 1. The van der Waals surface area contributed by atoms with Crippen LogP contribution >= 0.6 is 0 Å². The summed E-state index contributed by atoms with van der Waals surface area (Å²) >= 11 is 0. The maximum absolute atomic E-state index is 12.9. The molecule has 0 unspecified atom stereocenters. The van der Waals surface area contributed by atoms with E-state index in [0.717, 1.165) is 31.3 Å². The van der Waals surface area contributed by atoms with Gasteiger partial charge in [0.2, 0.25) is 5.91 Å². The standard InChI is InChI=1S/C24H26N4O3/c1-16-10-12-27(13-11-16)23-20-8-3-4-9-21(20)28(24(31)26-23)15-22(30)25-19-7-5-6-18(14-19)17(2)29/h3-9,14,16H,10-13,15H2,1-2H3,(H,25,30). The Labute approximate surface area is 180 Å². The lowest BCUT2D eigenvalue weighted by molar-refractivity contribution is -0.116. The van der Waals surface area contributed by atoms with Gasteiger partial charge in [0, 0.05) is 29.7 Å². The van der Waals surface area contributed by atoms with Crippen molar-refractivity contribution in [2.45, 2.75) is 33.2 Å². The molecule has 0 bridgehead atoms. The number of hydrogen-bond acceptors (Lipinski definition) is 5. The van der Waals surface area contributed by atoms with Gasteiger partial charge in [0.05, 0.1) is 5.52 Å². The number of piperidine rings is 1. The average Bonchev–Trinajstić information content (AvgIpc) is 2.76. The summed E-state index contributed by atoms with van der Waals surface area (Å²) in [5.41, 5.74) is 1.27. The number of nitrogens with one attached hydrogen (secondary N) is 1. The number of aromatic nitrogens is 2. The zero-order valence-electron chi connectivity index (χ0n) is 17.8. The smallest absolute Gasteiger partial charge is 0.350 e. The molecule has 3 aromatic rings. The number of para-hydroxylation sites is 1. The second kappa shape index (κ2) is 8.71. The van der Waals surface area contributed by atoms with Gasteiger partial charge in [0.15, 0.2) is 5.78 Å². The molecule has 1 aromatic heterocycles. The van der Waals surface area contributed by atoms with Crippen molar-refractivity contribution in [3.63, 3.8) is 0 Å². The van der Waals surface area contributed by atoms with Crippen molar-refractivity contribution in [2.75, 3.05) is 23.3 Å². The van der Waals surface area contributed by atoms with E-state index in [9.17, 15) is 14.4 Å². The van der Waals surface area contributed by atoms with Crippen molar-refractivity contribution in [3.05, 3.63) is 64.6 Å². The van der Waals surface area contributed by atoms with Crippen LogP contribution in [0.4, 0.5) is 11.5 Å². The number of ketones is 1. The van der Waals surface area contributed by atoms with E-state index in [2.05, 4.69) is 22.1 Å². The van der Waals surface area contributed by atoms with Crippen LogP contribution < -0.4 is 15.9 Å². The van der Waals surface area contributed by atoms with Crippen LogP contribution in [0.3, 0.4) is 0 Å². The first kappa shape index (κ1) is 20.8. The number of nitrogens with zero attached hydrogens (tertiary/aromatic N) is 3. The molecule has 1 saturated heterocycles. The van der Waals surface area contributed by atoms with Crippen LogP contribution in [-0.4, -0.2) is 34.3 Å². The van der Waals surface area contributed by atoms with Gasteiger partial charge in [0.25, 0.3) is 0 Å². The minimum absolute atomic E-state index is 0.0785. The highest BCUT2D eigenvalue weighted by Crippen LogP contribution is 2.27. The predicted molar refractivity (Wildman–Crippen MR) is 122 cm³/mol. The van der Waals surface area contributed by atoms with Crippen LogP contribution in [0, 0.1) is 5.92 Å². The molecule has 0 radical (unpaired) electrons. The lowest BCUT2D eigenvalue weighted by Crippen LogP contribution is -2.37. The van der Waals surface area contributed by atoms with E-state index in [1.165, 1.54) is 11.5 Å². The number of hydrogen-bond donors (Lipinski definition) is 1. The molecule has 1 amide bonds. The molecule has 31 heavy (non-hydrogen) atoms. The van der Waals surface area contributed by atoms with Crippen LogP contribution in [0.1, 0.15) is 37.0 Å². The highest BCUT2D eigenvalue weighted by molar-refractivity contribution is 5.97. The van der Waals surface area contributed by atoms with Crippen molar-refractivity contribution < 1.29 is 9.59 Å². The molecule has 1 aliphatic rings. The largest absolute Gasteiger partial charge is 0.356 e. The summed E-state index contributed by atoms with van der Waals surface area (Å²) in [6.45, 7) is 5.30. The zero-order chi connectivity index (χ0) is 22.0. The van der Waals surface area contributed by atoms with E-state index in [1.807, 2.05) is 24.3 Å². The summed E-state index contributed by atoms with van der Waals surface area (Å²) in [6.07, 6.45) is 2.14. The Morgan fingerprint density at radius 3 is 2.58 bits per heavy atom. The molecule has 0 saturated carbocycles. The number of benzene rings is 2. The van der Waals surface area contributed by atoms with Gasteiger partial charge in [-0.05, 0) is 49.9 Å². The van der Waals surface area contributed by atoms with Crippen LogP contribution in [0.5, 0.6) is 0 Å². The van der Waals surface area contributed by atoms with E-state index in [1.54, 1.807) is 24.3 Å². The van der Waals surface area contributed by atoms with Gasteiger partial charge in [-0.1, -0.05) is 31.2 Å². The van der Waals surface area contributed by atoms with Crippen molar-refractivity contribution in [2.24, 2.45) is 5.92 Å². The summed E-state index contributed by atoms with van der Waals surface area (Å²) < 4.78 is 1.40. The molecular formula is C24H26N4O3. The number of fused-ring (bicyclic) bond motifs is 1. The molecule has 0 aliphatic carbocycles. The molecule has 0 spiro atoms. The van der Waals surface area contributed by atoms with Crippen LogP contribution in [0.2, 0.25) is 0 Å². The highest BCUT2D eigenvalue weighted by atomic mass is 16.2. The molecule has 2 heterocycles. The summed E-state index contributed by atoms with van der Waals surface area (Å²) in [6, 6.07) is 14.3. The fraction of sp³-hybridized carbons (Fsp3) is 0.333. The summed E-state index contributed by atoms with van der Waals surface area (Å²) in [4.78, 5) is 43.7. The average molecular weight is 418 g/mol. The molecule has 0 atom stereocenters. The van der Waals surface area contributed by atoms with Gasteiger partial charge in [-0.3, -0.25) is 14.2 Å². The number of carbonyl (C=O) groups excluding carboxylic acids is 2. The normalized spacial score (nSPS) is 14.6. The lowest BCUT2D eigenvalue weighted by atomic mass is 9.99. The Bertz CT molecular complexity index is 1190. The SMILES string of the molecule is CC(=O)c1cccc(NC(=O)Cn2c(=O)nc(N3CCC(C)CC3)c3ccccc32)c1. The van der Waals surface area contributed by atoms with E-state index < -0.39 is 5.69 Å². The predicted octanol–water partition coefficient (Wildman–Crippen LogP) is 3.47. The van der Waals surface area contributed by atoms with Crippen molar-refractivity contribution in [1.29, 1.82) is 0 Å². The third-order valence-electron chi connectivity index (χ3n) is 5.81. The lowest BCUT2D eigenvalue weighted by Gasteiger charge is -2.32. The van der Waals surface area contributed by atoms with Crippen LogP contribution in [-0.2, 0) is 11.3 Å². The summed E-state index contributed by atoms with van der Waals surface area (Å²) in [7, 11) is 0. The Hall–Kier alpha value is -3.48. The Morgan fingerprint density at radius 2 is 1.84 bits per heavy atom. The second-order valence-electron chi connectivity index (χ2n) is 8.18. The molecule has 7 nitrogen and oxygen atoms in total.